The number of hydrogen-bond acceptors (Lipinski definition) is 3. The van der Waals surface area contributed by atoms with Crippen LogP contribution in [0.2, 0.25) is 0 Å². The highest BCUT2D eigenvalue weighted by molar-refractivity contribution is 5.69. The fourth-order valence-electron chi connectivity index (χ4n) is 1.78. The van der Waals surface area contributed by atoms with E-state index in [9.17, 15) is 0 Å². The van der Waals surface area contributed by atoms with Gasteiger partial charge in [0, 0.05) is 19.7 Å². The Morgan fingerprint density at radius 2 is 1.94 bits per heavy atom. The van der Waals surface area contributed by atoms with E-state index in [4.69, 9.17) is 10.5 Å². The lowest BCUT2D eigenvalue weighted by molar-refractivity contribution is 0.411. The summed E-state index contributed by atoms with van der Waals surface area (Å²) in [7, 11) is 3.72. The van der Waals surface area contributed by atoms with E-state index >= 15 is 0 Å². The summed E-state index contributed by atoms with van der Waals surface area (Å²) in [5.41, 5.74) is 8.01. The number of rotatable bonds is 3. The average Bonchev–Trinajstić information content (AvgIpc) is 2.15. The molecule has 0 fully saturated rings. The molecule has 0 saturated carbocycles. The molecule has 0 bridgehead atoms. The van der Waals surface area contributed by atoms with Gasteiger partial charge in [-0.1, -0.05) is 20.8 Å². The fraction of sp³-hybridized carbons (Fsp3) is 0.538. The summed E-state index contributed by atoms with van der Waals surface area (Å²) in [4.78, 5) is 2.16. The molecule has 3 nitrogen and oxygen atoms in total. The highest BCUT2D eigenvalue weighted by Gasteiger charge is 2.15. The number of nitrogen functional groups attached to an aromatic ring is 1. The molecule has 3 heteroatoms. The Morgan fingerprint density at radius 1 is 1.31 bits per heavy atom. The molecule has 0 aliphatic rings. The molecule has 0 aliphatic heterocycles. The zero-order valence-electron chi connectivity index (χ0n) is 10.9. The molecule has 0 aliphatic carbocycles. The van der Waals surface area contributed by atoms with Crippen molar-refractivity contribution in [3.8, 4) is 5.75 Å². The van der Waals surface area contributed by atoms with E-state index in [1.165, 1.54) is 0 Å². The van der Waals surface area contributed by atoms with E-state index in [-0.39, 0.29) is 5.41 Å². The summed E-state index contributed by atoms with van der Waals surface area (Å²) < 4.78 is 5.21. The van der Waals surface area contributed by atoms with Gasteiger partial charge in [-0.3, -0.25) is 0 Å². The number of methoxy groups -OCH3 is 1. The molecule has 2 N–H and O–H groups in total. The van der Waals surface area contributed by atoms with Gasteiger partial charge in [-0.05, 0) is 17.5 Å². The molecule has 1 rings (SSSR count). The highest BCUT2D eigenvalue weighted by Crippen LogP contribution is 2.29. The van der Waals surface area contributed by atoms with E-state index in [0.29, 0.717) is 0 Å². The Balaban J connectivity index is 2.93. The first-order valence-corrected chi connectivity index (χ1v) is 5.48. The van der Waals surface area contributed by atoms with Gasteiger partial charge in [0.1, 0.15) is 5.75 Å². The second-order valence-corrected chi connectivity index (χ2v) is 5.34. The van der Waals surface area contributed by atoms with Crippen molar-refractivity contribution in [2.45, 2.75) is 20.8 Å². The summed E-state index contributed by atoms with van der Waals surface area (Å²) >= 11 is 0. The Bertz CT molecular complexity index is 355. The Hall–Kier alpha value is -1.38. The van der Waals surface area contributed by atoms with Crippen molar-refractivity contribution >= 4 is 11.4 Å². The molecule has 0 unspecified atom stereocenters. The topological polar surface area (TPSA) is 38.5 Å². The maximum absolute atomic E-state index is 5.97. The minimum absolute atomic E-state index is 0.240. The van der Waals surface area contributed by atoms with E-state index in [1.807, 2.05) is 18.2 Å². The van der Waals surface area contributed by atoms with Crippen molar-refractivity contribution in [2.24, 2.45) is 5.41 Å². The lowest BCUT2D eigenvalue weighted by Crippen LogP contribution is -2.29. The van der Waals surface area contributed by atoms with Gasteiger partial charge in [-0.2, -0.15) is 0 Å². The van der Waals surface area contributed by atoms with Crippen molar-refractivity contribution in [1.29, 1.82) is 0 Å². The van der Waals surface area contributed by atoms with Crippen molar-refractivity contribution in [3.05, 3.63) is 18.2 Å². The molecule has 0 aromatic heterocycles. The smallest absolute Gasteiger partial charge is 0.121 e. The average molecular weight is 222 g/mol. The Kier molecular flexibility index (Phi) is 3.68. The van der Waals surface area contributed by atoms with Crippen molar-refractivity contribution in [2.75, 3.05) is 31.3 Å². The third-order valence-corrected chi connectivity index (χ3v) is 2.36. The van der Waals surface area contributed by atoms with Gasteiger partial charge in [0.15, 0.2) is 0 Å². The Labute approximate surface area is 98.2 Å². The molecule has 0 amide bonds. The molecule has 90 valence electrons. The molecular formula is C13H22N2O. The van der Waals surface area contributed by atoms with Crippen LogP contribution in [0.3, 0.4) is 0 Å². The van der Waals surface area contributed by atoms with Crippen molar-refractivity contribution in [1.82, 2.24) is 0 Å². The summed E-state index contributed by atoms with van der Waals surface area (Å²) in [5.74, 6) is 0.838. The maximum Gasteiger partial charge on any atom is 0.121 e. The van der Waals surface area contributed by atoms with E-state index in [0.717, 1.165) is 23.7 Å². The number of ether oxygens (including phenoxy) is 1. The van der Waals surface area contributed by atoms with Crippen LogP contribution in [-0.2, 0) is 0 Å². The molecule has 0 saturated heterocycles. The van der Waals surface area contributed by atoms with E-state index in [2.05, 4.69) is 32.7 Å². The van der Waals surface area contributed by atoms with E-state index in [1.54, 1.807) is 7.11 Å². The van der Waals surface area contributed by atoms with Gasteiger partial charge < -0.3 is 15.4 Å². The number of anilines is 2. The summed E-state index contributed by atoms with van der Waals surface area (Å²) in [6.07, 6.45) is 0. The van der Waals surface area contributed by atoms with E-state index < -0.39 is 0 Å². The van der Waals surface area contributed by atoms with Crippen LogP contribution in [-0.4, -0.2) is 20.7 Å². The van der Waals surface area contributed by atoms with Crippen LogP contribution in [0.5, 0.6) is 5.75 Å². The normalized spacial score (nSPS) is 11.3. The fourth-order valence-corrected chi connectivity index (χ4v) is 1.78. The van der Waals surface area contributed by atoms with Crippen LogP contribution in [0.1, 0.15) is 20.8 Å². The van der Waals surface area contributed by atoms with Gasteiger partial charge in [0.05, 0.1) is 18.5 Å². The molecule has 0 heterocycles. The minimum atomic E-state index is 0.240. The monoisotopic (exact) mass is 222 g/mol. The van der Waals surface area contributed by atoms with Crippen LogP contribution in [0, 0.1) is 5.41 Å². The summed E-state index contributed by atoms with van der Waals surface area (Å²) in [5, 5.41) is 0. The van der Waals surface area contributed by atoms with Crippen molar-refractivity contribution < 1.29 is 4.74 Å². The van der Waals surface area contributed by atoms with Crippen LogP contribution in [0.4, 0.5) is 11.4 Å². The number of hydrogen-bond donors (Lipinski definition) is 1. The minimum Gasteiger partial charge on any atom is -0.497 e. The maximum atomic E-state index is 5.97. The Morgan fingerprint density at radius 3 is 2.44 bits per heavy atom. The lowest BCUT2D eigenvalue weighted by atomic mass is 9.96. The molecule has 0 radical (unpaired) electrons. The van der Waals surface area contributed by atoms with Gasteiger partial charge in [-0.15, -0.1) is 0 Å². The second kappa shape index (κ2) is 4.64. The summed E-state index contributed by atoms with van der Waals surface area (Å²) in [6.45, 7) is 7.57. The number of nitrogens with two attached hydrogens (primary N) is 1. The van der Waals surface area contributed by atoms with Crippen molar-refractivity contribution in [3.63, 3.8) is 0 Å². The zero-order valence-corrected chi connectivity index (χ0v) is 10.9. The molecule has 0 atom stereocenters. The zero-order chi connectivity index (χ0) is 12.3. The van der Waals surface area contributed by atoms with Crippen LogP contribution in [0.15, 0.2) is 18.2 Å². The predicted molar refractivity (Wildman–Crippen MR) is 70.1 cm³/mol. The molecule has 1 aromatic carbocycles. The van der Waals surface area contributed by atoms with Gasteiger partial charge in [-0.25, -0.2) is 0 Å². The number of nitrogens with zero attached hydrogens (tertiary/aromatic N) is 1. The van der Waals surface area contributed by atoms with Gasteiger partial charge >= 0.3 is 0 Å². The largest absolute Gasteiger partial charge is 0.497 e. The lowest BCUT2D eigenvalue weighted by Gasteiger charge is -2.29. The van der Waals surface area contributed by atoms with Gasteiger partial charge in [0.2, 0.25) is 0 Å². The van der Waals surface area contributed by atoms with Gasteiger partial charge in [0.25, 0.3) is 0 Å². The SMILES string of the molecule is COc1ccc(N)c(N(C)CC(C)(C)C)c1. The third-order valence-electron chi connectivity index (χ3n) is 2.36. The highest BCUT2D eigenvalue weighted by atomic mass is 16.5. The molecule has 16 heavy (non-hydrogen) atoms. The van der Waals surface area contributed by atoms with Crippen LogP contribution < -0.4 is 15.4 Å². The molecule has 0 spiro atoms. The second-order valence-electron chi connectivity index (χ2n) is 5.34. The van der Waals surface area contributed by atoms with Crippen LogP contribution in [0.25, 0.3) is 0 Å². The first-order chi connectivity index (χ1) is 7.33. The summed E-state index contributed by atoms with van der Waals surface area (Å²) in [6, 6.07) is 5.73. The predicted octanol–water partition coefficient (Wildman–Crippen LogP) is 2.76. The first-order valence-electron chi connectivity index (χ1n) is 5.48. The molecule has 1 aromatic rings. The first kappa shape index (κ1) is 12.7. The van der Waals surface area contributed by atoms with Crippen LogP contribution >= 0.6 is 0 Å². The molecular weight excluding hydrogens is 200 g/mol. The standard InChI is InChI=1S/C13H22N2O/c1-13(2,3)9-15(4)12-8-10(16-5)6-7-11(12)14/h6-8H,9,14H2,1-5H3. The third kappa shape index (κ3) is 3.33. The quantitative estimate of drug-likeness (QED) is 0.799. The number of benzene rings is 1.